The first kappa shape index (κ1) is 11.7. The zero-order valence-electron chi connectivity index (χ0n) is 9.08. The number of aliphatic imine (C=N–C) groups is 1. The van der Waals surface area contributed by atoms with Crippen LogP contribution < -0.4 is 5.32 Å². The lowest BCUT2D eigenvalue weighted by Gasteiger charge is -2.30. The van der Waals surface area contributed by atoms with Crippen LogP contribution in [0.1, 0.15) is 13.8 Å². The maximum absolute atomic E-state index is 5.97. The quantitative estimate of drug-likeness (QED) is 0.335. The van der Waals surface area contributed by atoms with E-state index in [1.807, 2.05) is 24.1 Å². The lowest BCUT2D eigenvalue weighted by atomic mass is 10.1. The van der Waals surface area contributed by atoms with Gasteiger partial charge < -0.3 is 10.2 Å². The van der Waals surface area contributed by atoms with Crippen molar-refractivity contribution in [3.05, 3.63) is 23.0 Å². The van der Waals surface area contributed by atoms with Crippen LogP contribution in [0.3, 0.4) is 0 Å². The minimum Gasteiger partial charge on any atom is -0.357 e. The Morgan fingerprint density at radius 2 is 2.33 bits per heavy atom. The van der Waals surface area contributed by atoms with E-state index >= 15 is 0 Å². The van der Waals surface area contributed by atoms with Gasteiger partial charge in [-0.05, 0) is 26.0 Å². The summed E-state index contributed by atoms with van der Waals surface area (Å²) in [7, 11) is 1.95. The van der Waals surface area contributed by atoms with E-state index in [4.69, 9.17) is 11.6 Å². The fourth-order valence-corrected chi connectivity index (χ4v) is 1.39. The summed E-state index contributed by atoms with van der Waals surface area (Å²) in [6, 6.07) is 2.81. The lowest BCUT2D eigenvalue weighted by molar-refractivity contribution is 0.368. The highest BCUT2D eigenvalue weighted by Gasteiger charge is 2.17. The molecule has 0 fully saturated rings. The molecule has 0 radical (unpaired) electrons. The first-order valence-electron chi connectivity index (χ1n) is 4.67. The van der Waals surface area contributed by atoms with Gasteiger partial charge in [-0.1, -0.05) is 17.5 Å². The van der Waals surface area contributed by atoms with Gasteiger partial charge in [-0.3, -0.25) is 0 Å². The molecule has 1 aliphatic rings. The Hall–Kier alpha value is -1.40. The van der Waals surface area contributed by atoms with E-state index in [2.05, 4.69) is 29.2 Å². The second-order valence-corrected chi connectivity index (χ2v) is 3.55. The van der Waals surface area contributed by atoms with Crippen molar-refractivity contribution in [2.24, 2.45) is 4.99 Å². The predicted molar refractivity (Wildman–Crippen MR) is 64.3 cm³/mol. The monoisotopic (exact) mass is 223 g/mol. The molecule has 0 amide bonds. The van der Waals surface area contributed by atoms with Crippen molar-refractivity contribution in [1.82, 2.24) is 10.2 Å². The molecule has 0 spiro atoms. The molecule has 0 aromatic heterocycles. The van der Waals surface area contributed by atoms with Gasteiger partial charge in [0, 0.05) is 18.8 Å². The van der Waals surface area contributed by atoms with Crippen LogP contribution in [0.25, 0.3) is 0 Å². The van der Waals surface area contributed by atoms with Gasteiger partial charge in [0.05, 0.1) is 6.04 Å². The molecule has 1 heterocycles. The van der Waals surface area contributed by atoms with E-state index in [0.717, 1.165) is 10.9 Å². The first-order chi connectivity index (χ1) is 7.16. The zero-order chi connectivity index (χ0) is 11.3. The maximum Gasteiger partial charge on any atom is 0.105 e. The Morgan fingerprint density at radius 1 is 1.60 bits per heavy atom. The molecule has 4 heteroatoms. The van der Waals surface area contributed by atoms with Crippen LogP contribution in [0, 0.1) is 12.0 Å². The third-order valence-corrected chi connectivity index (χ3v) is 2.63. The van der Waals surface area contributed by atoms with Crippen LogP contribution in [-0.2, 0) is 0 Å². The van der Waals surface area contributed by atoms with Crippen molar-refractivity contribution in [2.45, 2.75) is 19.9 Å². The second-order valence-electron chi connectivity index (χ2n) is 3.16. The largest absolute Gasteiger partial charge is 0.357 e. The summed E-state index contributed by atoms with van der Waals surface area (Å²) >= 11 is 5.97. The summed E-state index contributed by atoms with van der Waals surface area (Å²) in [6.45, 7) is 3.81. The average molecular weight is 224 g/mol. The Bertz CT molecular complexity index is 371. The average Bonchev–Trinajstić information content (AvgIpc) is 2.24. The topological polar surface area (TPSA) is 27.6 Å². The van der Waals surface area contributed by atoms with Crippen molar-refractivity contribution in [2.75, 3.05) is 7.05 Å². The Morgan fingerprint density at radius 3 is 3.00 bits per heavy atom. The summed E-state index contributed by atoms with van der Waals surface area (Å²) in [6.07, 6.45) is 5.38. The number of likely N-dealkylation sites (N-methyl/N-ethyl adjacent to an activating group) is 1. The zero-order valence-corrected chi connectivity index (χ0v) is 9.84. The van der Waals surface area contributed by atoms with Crippen LogP contribution in [0.4, 0.5) is 0 Å². The van der Waals surface area contributed by atoms with E-state index < -0.39 is 0 Å². The molecular weight excluding hydrogens is 210 g/mol. The van der Waals surface area contributed by atoms with Crippen molar-refractivity contribution >= 4 is 17.9 Å². The number of allylic oxidation sites excluding steroid dienone is 2. The Kier molecular flexibility index (Phi) is 4.26. The SMILES string of the molecule is CC#CN=CNC1=CC=C(Cl)N(C)C1C. The van der Waals surface area contributed by atoms with Crippen LogP contribution in [0.2, 0.25) is 0 Å². The molecule has 1 atom stereocenters. The van der Waals surface area contributed by atoms with Crippen LogP contribution in [-0.4, -0.2) is 24.3 Å². The van der Waals surface area contributed by atoms with Crippen molar-refractivity contribution in [3.63, 3.8) is 0 Å². The minimum atomic E-state index is 0.212. The molecule has 0 aliphatic carbocycles. The molecule has 0 saturated carbocycles. The minimum absolute atomic E-state index is 0.212. The van der Waals surface area contributed by atoms with Gasteiger partial charge in [0.15, 0.2) is 0 Å². The molecule has 1 aliphatic heterocycles. The molecule has 0 saturated heterocycles. The van der Waals surface area contributed by atoms with Gasteiger partial charge in [-0.15, -0.1) is 0 Å². The highest BCUT2D eigenvalue weighted by molar-refractivity contribution is 6.29. The molecule has 1 N–H and O–H groups in total. The smallest absolute Gasteiger partial charge is 0.105 e. The molecule has 0 bridgehead atoms. The number of hydrogen-bond donors (Lipinski definition) is 1. The van der Waals surface area contributed by atoms with E-state index in [0.29, 0.717) is 0 Å². The van der Waals surface area contributed by atoms with Gasteiger partial charge in [0.25, 0.3) is 0 Å². The highest BCUT2D eigenvalue weighted by Crippen LogP contribution is 2.20. The fraction of sp³-hybridized carbons (Fsp3) is 0.364. The van der Waals surface area contributed by atoms with Gasteiger partial charge >= 0.3 is 0 Å². The van der Waals surface area contributed by atoms with Crippen molar-refractivity contribution in [3.8, 4) is 12.0 Å². The first-order valence-corrected chi connectivity index (χ1v) is 5.04. The van der Waals surface area contributed by atoms with Crippen LogP contribution in [0.15, 0.2) is 28.0 Å². The third kappa shape index (κ3) is 3.03. The Balaban J connectivity index is 2.65. The molecular formula is C11H14ClN3. The predicted octanol–water partition coefficient (Wildman–Crippen LogP) is 1.88. The molecule has 0 aromatic carbocycles. The highest BCUT2D eigenvalue weighted by atomic mass is 35.5. The summed E-state index contributed by atoms with van der Waals surface area (Å²) in [4.78, 5) is 5.83. The van der Waals surface area contributed by atoms with E-state index in [1.165, 1.54) is 0 Å². The van der Waals surface area contributed by atoms with E-state index in [9.17, 15) is 0 Å². The summed E-state index contributed by atoms with van der Waals surface area (Å²) in [5.74, 6) is 2.68. The van der Waals surface area contributed by atoms with Crippen LogP contribution in [0.5, 0.6) is 0 Å². The van der Waals surface area contributed by atoms with Crippen molar-refractivity contribution < 1.29 is 0 Å². The number of hydrogen-bond acceptors (Lipinski definition) is 2. The van der Waals surface area contributed by atoms with E-state index in [1.54, 1.807) is 13.3 Å². The van der Waals surface area contributed by atoms with Gasteiger partial charge in [-0.25, -0.2) is 0 Å². The molecule has 1 rings (SSSR count). The van der Waals surface area contributed by atoms with Crippen molar-refractivity contribution in [1.29, 1.82) is 0 Å². The lowest BCUT2D eigenvalue weighted by Crippen LogP contribution is -2.35. The standard InChI is InChI=1S/C11H14ClN3/c1-4-7-13-8-14-10-5-6-11(12)15(3)9(10)2/h5-6,8-9H,1-3H3,(H,13,14). The molecule has 1 unspecified atom stereocenters. The maximum atomic E-state index is 5.97. The number of nitrogens with zero attached hydrogens (tertiary/aromatic N) is 2. The van der Waals surface area contributed by atoms with Gasteiger partial charge in [0.1, 0.15) is 11.5 Å². The van der Waals surface area contributed by atoms with Gasteiger partial charge in [-0.2, -0.15) is 4.99 Å². The normalized spacial score (nSPS) is 20.5. The number of rotatable bonds is 2. The van der Waals surface area contributed by atoms with Gasteiger partial charge in [0.2, 0.25) is 0 Å². The Labute approximate surface area is 95.5 Å². The number of nitrogens with one attached hydrogen (secondary N) is 1. The molecule has 80 valence electrons. The molecule has 3 nitrogen and oxygen atoms in total. The molecule has 15 heavy (non-hydrogen) atoms. The van der Waals surface area contributed by atoms with Crippen LogP contribution >= 0.6 is 11.6 Å². The third-order valence-electron chi connectivity index (χ3n) is 2.24. The molecule has 0 aromatic rings. The second kappa shape index (κ2) is 5.47. The fourth-order valence-electron chi connectivity index (χ4n) is 1.18. The van der Waals surface area contributed by atoms with E-state index in [-0.39, 0.29) is 6.04 Å². The summed E-state index contributed by atoms with van der Waals surface area (Å²) in [5.41, 5.74) is 1.04. The summed E-state index contributed by atoms with van der Waals surface area (Å²) < 4.78 is 0. The number of halogens is 1. The summed E-state index contributed by atoms with van der Waals surface area (Å²) in [5, 5.41) is 3.81.